The first-order valence-corrected chi connectivity index (χ1v) is 8.68. The first-order chi connectivity index (χ1) is 12.1. The second-order valence-corrected chi connectivity index (χ2v) is 6.47. The number of anilines is 1. The SMILES string of the molecule is NC(=O)c1ncc(N[C@@H]2CCCC[C@@H]2N)cc1/C=C/c1ccccc1. The fourth-order valence-electron chi connectivity index (χ4n) is 3.20. The molecule has 1 saturated carbocycles. The van der Waals surface area contributed by atoms with Crippen molar-refractivity contribution in [3.63, 3.8) is 0 Å². The molecule has 0 unspecified atom stereocenters. The molecule has 130 valence electrons. The molecule has 5 nitrogen and oxygen atoms in total. The minimum atomic E-state index is -0.534. The van der Waals surface area contributed by atoms with E-state index in [4.69, 9.17) is 11.5 Å². The summed E-state index contributed by atoms with van der Waals surface area (Å²) in [7, 11) is 0. The number of aromatic nitrogens is 1. The number of primary amides is 1. The lowest BCUT2D eigenvalue weighted by Crippen LogP contribution is -2.42. The minimum absolute atomic E-state index is 0.146. The van der Waals surface area contributed by atoms with E-state index in [2.05, 4.69) is 10.3 Å². The molecule has 0 bridgehead atoms. The van der Waals surface area contributed by atoms with E-state index in [1.165, 1.54) is 12.8 Å². The van der Waals surface area contributed by atoms with E-state index in [9.17, 15) is 4.79 Å². The smallest absolute Gasteiger partial charge is 0.267 e. The Labute approximate surface area is 148 Å². The lowest BCUT2D eigenvalue weighted by Gasteiger charge is -2.30. The van der Waals surface area contributed by atoms with Crippen LogP contribution in [0, 0.1) is 0 Å². The van der Waals surface area contributed by atoms with E-state index >= 15 is 0 Å². The maximum Gasteiger partial charge on any atom is 0.267 e. The van der Waals surface area contributed by atoms with E-state index in [1.54, 1.807) is 6.20 Å². The number of pyridine rings is 1. The maximum atomic E-state index is 11.7. The van der Waals surface area contributed by atoms with E-state index in [0.29, 0.717) is 5.56 Å². The Kier molecular flexibility index (Phi) is 5.46. The standard InChI is InChI=1S/C20H24N4O/c21-17-8-4-5-9-18(17)24-16-12-15(19(20(22)25)23-13-16)11-10-14-6-2-1-3-7-14/h1-3,6-7,10-13,17-18,24H,4-5,8-9,21H2,(H2,22,25)/b11-10+/t17-,18+/m0/s1. The number of nitrogens with zero attached hydrogens (tertiary/aromatic N) is 1. The Morgan fingerprint density at radius 2 is 1.92 bits per heavy atom. The Bertz CT molecular complexity index is 758. The molecule has 25 heavy (non-hydrogen) atoms. The van der Waals surface area contributed by atoms with Crippen molar-refractivity contribution in [1.29, 1.82) is 0 Å². The van der Waals surface area contributed by atoms with Gasteiger partial charge in [0.15, 0.2) is 0 Å². The number of rotatable bonds is 5. The van der Waals surface area contributed by atoms with E-state index in [0.717, 1.165) is 24.1 Å². The number of carbonyl (C=O) groups is 1. The van der Waals surface area contributed by atoms with Crippen LogP contribution >= 0.6 is 0 Å². The lowest BCUT2D eigenvalue weighted by atomic mass is 9.91. The molecule has 1 fully saturated rings. The Morgan fingerprint density at radius 1 is 1.16 bits per heavy atom. The summed E-state index contributed by atoms with van der Waals surface area (Å²) in [5, 5.41) is 3.46. The molecule has 1 heterocycles. The third-order valence-corrected chi connectivity index (χ3v) is 4.58. The van der Waals surface area contributed by atoms with Gasteiger partial charge in [0.2, 0.25) is 0 Å². The first kappa shape index (κ1) is 17.2. The van der Waals surface area contributed by atoms with Gasteiger partial charge in [0, 0.05) is 17.6 Å². The van der Waals surface area contributed by atoms with Gasteiger partial charge in [0.25, 0.3) is 5.91 Å². The Balaban J connectivity index is 1.84. The molecule has 1 aliphatic rings. The number of benzene rings is 1. The molecular formula is C20H24N4O. The van der Waals surface area contributed by atoms with Crippen LogP contribution in [0.2, 0.25) is 0 Å². The number of amides is 1. The maximum absolute atomic E-state index is 11.7. The highest BCUT2D eigenvalue weighted by Gasteiger charge is 2.22. The van der Waals surface area contributed by atoms with Crippen LogP contribution in [0.15, 0.2) is 42.6 Å². The van der Waals surface area contributed by atoms with Crippen molar-refractivity contribution < 1.29 is 4.79 Å². The average molecular weight is 336 g/mol. The summed E-state index contributed by atoms with van der Waals surface area (Å²) in [5.74, 6) is -0.534. The van der Waals surface area contributed by atoms with Crippen molar-refractivity contribution in [1.82, 2.24) is 4.98 Å². The van der Waals surface area contributed by atoms with Crippen molar-refractivity contribution in [3.8, 4) is 0 Å². The topological polar surface area (TPSA) is 94.0 Å². The van der Waals surface area contributed by atoms with Gasteiger partial charge in [-0.2, -0.15) is 0 Å². The quantitative estimate of drug-likeness (QED) is 0.782. The molecule has 1 aromatic heterocycles. The van der Waals surface area contributed by atoms with Gasteiger partial charge in [0.05, 0.1) is 11.9 Å². The molecule has 5 heteroatoms. The zero-order valence-electron chi connectivity index (χ0n) is 14.2. The van der Waals surface area contributed by atoms with Gasteiger partial charge in [-0.3, -0.25) is 4.79 Å². The second kappa shape index (κ2) is 7.94. The zero-order valence-corrected chi connectivity index (χ0v) is 14.2. The van der Waals surface area contributed by atoms with Crippen molar-refractivity contribution >= 4 is 23.7 Å². The molecule has 0 radical (unpaired) electrons. The number of nitrogens with one attached hydrogen (secondary N) is 1. The summed E-state index contributed by atoms with van der Waals surface area (Å²) < 4.78 is 0. The summed E-state index contributed by atoms with van der Waals surface area (Å²) in [4.78, 5) is 15.9. The molecule has 0 spiro atoms. The fraction of sp³-hybridized carbons (Fsp3) is 0.300. The molecular weight excluding hydrogens is 312 g/mol. The summed E-state index contributed by atoms with van der Waals surface area (Å²) in [6.45, 7) is 0. The van der Waals surface area contributed by atoms with E-state index in [1.807, 2.05) is 48.6 Å². The average Bonchev–Trinajstić information content (AvgIpc) is 2.63. The summed E-state index contributed by atoms with van der Waals surface area (Å²) in [6, 6.07) is 12.2. The Hall–Kier alpha value is -2.66. The minimum Gasteiger partial charge on any atom is -0.379 e. The molecule has 1 amide bonds. The van der Waals surface area contributed by atoms with Gasteiger partial charge in [-0.15, -0.1) is 0 Å². The highest BCUT2D eigenvalue weighted by atomic mass is 16.1. The van der Waals surface area contributed by atoms with Crippen molar-refractivity contribution in [2.45, 2.75) is 37.8 Å². The van der Waals surface area contributed by atoms with Crippen LogP contribution in [0.4, 0.5) is 5.69 Å². The van der Waals surface area contributed by atoms with Crippen LogP contribution in [0.1, 0.15) is 47.3 Å². The molecule has 2 aromatic rings. The fourth-order valence-corrected chi connectivity index (χ4v) is 3.20. The van der Waals surface area contributed by atoms with Gasteiger partial charge in [-0.05, 0) is 24.5 Å². The molecule has 0 aliphatic heterocycles. The van der Waals surface area contributed by atoms with Crippen LogP contribution in [-0.2, 0) is 0 Å². The van der Waals surface area contributed by atoms with E-state index < -0.39 is 5.91 Å². The molecule has 1 aromatic carbocycles. The van der Waals surface area contributed by atoms with E-state index in [-0.39, 0.29) is 17.8 Å². The third kappa shape index (κ3) is 4.45. The summed E-state index contributed by atoms with van der Waals surface area (Å²) in [6.07, 6.45) is 9.91. The lowest BCUT2D eigenvalue weighted by molar-refractivity contribution is 0.0995. The van der Waals surface area contributed by atoms with Crippen LogP contribution < -0.4 is 16.8 Å². The van der Waals surface area contributed by atoms with Gasteiger partial charge in [-0.25, -0.2) is 4.98 Å². The molecule has 1 aliphatic carbocycles. The van der Waals surface area contributed by atoms with Crippen molar-refractivity contribution in [3.05, 3.63) is 59.4 Å². The van der Waals surface area contributed by atoms with Gasteiger partial charge in [-0.1, -0.05) is 55.3 Å². The van der Waals surface area contributed by atoms with Crippen LogP contribution in [0.3, 0.4) is 0 Å². The van der Waals surface area contributed by atoms with Crippen LogP contribution in [0.25, 0.3) is 12.2 Å². The highest BCUT2D eigenvalue weighted by molar-refractivity contribution is 5.96. The predicted molar refractivity (Wildman–Crippen MR) is 102 cm³/mol. The highest BCUT2D eigenvalue weighted by Crippen LogP contribution is 2.23. The predicted octanol–water partition coefficient (Wildman–Crippen LogP) is 3.03. The van der Waals surface area contributed by atoms with Crippen LogP contribution in [-0.4, -0.2) is 23.0 Å². The number of hydrogen-bond donors (Lipinski definition) is 3. The molecule has 5 N–H and O–H groups in total. The number of nitrogens with two attached hydrogens (primary N) is 2. The zero-order chi connectivity index (χ0) is 17.6. The van der Waals surface area contributed by atoms with Gasteiger partial charge < -0.3 is 16.8 Å². The summed E-state index contributed by atoms with van der Waals surface area (Å²) >= 11 is 0. The Morgan fingerprint density at radius 3 is 2.64 bits per heavy atom. The van der Waals surface area contributed by atoms with Crippen molar-refractivity contribution in [2.24, 2.45) is 11.5 Å². The van der Waals surface area contributed by atoms with Gasteiger partial charge in [0.1, 0.15) is 5.69 Å². The first-order valence-electron chi connectivity index (χ1n) is 8.68. The number of hydrogen-bond acceptors (Lipinski definition) is 4. The van der Waals surface area contributed by atoms with Gasteiger partial charge >= 0.3 is 0 Å². The largest absolute Gasteiger partial charge is 0.379 e. The molecule has 2 atom stereocenters. The third-order valence-electron chi connectivity index (χ3n) is 4.58. The summed E-state index contributed by atoms with van der Waals surface area (Å²) in [5.41, 5.74) is 14.5. The van der Waals surface area contributed by atoms with Crippen LogP contribution in [0.5, 0.6) is 0 Å². The van der Waals surface area contributed by atoms with Crippen molar-refractivity contribution in [2.75, 3.05) is 5.32 Å². The molecule has 3 rings (SSSR count). The normalized spacial score (nSPS) is 20.5. The second-order valence-electron chi connectivity index (χ2n) is 6.47. The monoisotopic (exact) mass is 336 g/mol. The number of carbonyl (C=O) groups excluding carboxylic acids is 1. The molecule has 0 saturated heterocycles.